The summed E-state index contributed by atoms with van der Waals surface area (Å²) in [6.07, 6.45) is 3.18. The predicted octanol–water partition coefficient (Wildman–Crippen LogP) is 1.93. The highest BCUT2D eigenvalue weighted by Gasteiger charge is 2.29. The number of piperazine rings is 1. The summed E-state index contributed by atoms with van der Waals surface area (Å²) in [5.41, 5.74) is -0.0992. The van der Waals surface area contributed by atoms with Crippen LogP contribution in [0.4, 0.5) is 0 Å². The number of nitrogens with zero attached hydrogens (tertiary/aromatic N) is 2. The fourth-order valence-corrected chi connectivity index (χ4v) is 3.54. The van der Waals surface area contributed by atoms with Gasteiger partial charge in [0.2, 0.25) is 0 Å². The Morgan fingerprint density at radius 1 is 1.24 bits per heavy atom. The standard InChI is InChI=1S/C17H37N3O/c1-7-17(13-21,18-14(2)3)9-8-10-20-11-15(4)19(6)16(5)12-20/h14-16,18,21H,7-13H2,1-6H3. The van der Waals surface area contributed by atoms with Crippen molar-refractivity contribution in [2.75, 3.05) is 33.3 Å². The number of likely N-dealkylation sites (N-methyl/N-ethyl adjacent to an activating group) is 1. The van der Waals surface area contributed by atoms with Crippen LogP contribution in [0.2, 0.25) is 0 Å². The lowest BCUT2D eigenvalue weighted by atomic mass is 9.90. The number of nitrogens with one attached hydrogen (secondary N) is 1. The molecule has 0 bridgehead atoms. The Balaban J connectivity index is 2.44. The second kappa shape index (κ2) is 8.47. The van der Waals surface area contributed by atoms with Gasteiger partial charge < -0.3 is 15.3 Å². The molecule has 0 aromatic heterocycles. The maximum absolute atomic E-state index is 9.80. The second-order valence-corrected chi connectivity index (χ2v) is 7.32. The molecule has 1 rings (SSSR count). The Labute approximate surface area is 131 Å². The lowest BCUT2D eigenvalue weighted by Crippen LogP contribution is -2.55. The molecular weight excluding hydrogens is 262 g/mol. The van der Waals surface area contributed by atoms with Crippen LogP contribution in [0.25, 0.3) is 0 Å². The van der Waals surface area contributed by atoms with Gasteiger partial charge in [-0.1, -0.05) is 20.8 Å². The van der Waals surface area contributed by atoms with Crippen molar-refractivity contribution in [3.05, 3.63) is 0 Å². The summed E-state index contributed by atoms with van der Waals surface area (Å²) in [5.74, 6) is 0. The molecule has 3 atom stereocenters. The molecule has 1 saturated heterocycles. The molecule has 4 nitrogen and oxygen atoms in total. The van der Waals surface area contributed by atoms with Crippen LogP contribution in [-0.4, -0.2) is 71.9 Å². The quantitative estimate of drug-likeness (QED) is 0.718. The normalized spacial score (nSPS) is 28.0. The van der Waals surface area contributed by atoms with Gasteiger partial charge in [-0.15, -0.1) is 0 Å². The van der Waals surface area contributed by atoms with Crippen LogP contribution in [-0.2, 0) is 0 Å². The van der Waals surface area contributed by atoms with E-state index in [4.69, 9.17) is 0 Å². The maximum Gasteiger partial charge on any atom is 0.0613 e. The van der Waals surface area contributed by atoms with Gasteiger partial charge in [-0.25, -0.2) is 0 Å². The van der Waals surface area contributed by atoms with Crippen LogP contribution in [0.1, 0.15) is 53.9 Å². The molecule has 0 saturated carbocycles. The fraction of sp³-hybridized carbons (Fsp3) is 1.00. The lowest BCUT2D eigenvalue weighted by molar-refractivity contribution is 0.0552. The van der Waals surface area contributed by atoms with Crippen molar-refractivity contribution in [1.82, 2.24) is 15.1 Å². The minimum absolute atomic E-state index is 0.0992. The largest absolute Gasteiger partial charge is 0.394 e. The Morgan fingerprint density at radius 3 is 2.24 bits per heavy atom. The Kier molecular flexibility index (Phi) is 7.62. The summed E-state index contributed by atoms with van der Waals surface area (Å²) in [6.45, 7) is 14.8. The predicted molar refractivity (Wildman–Crippen MR) is 90.7 cm³/mol. The zero-order valence-corrected chi connectivity index (χ0v) is 15.0. The van der Waals surface area contributed by atoms with E-state index in [9.17, 15) is 5.11 Å². The van der Waals surface area contributed by atoms with Crippen LogP contribution in [0.5, 0.6) is 0 Å². The molecule has 2 N–H and O–H groups in total. The number of rotatable bonds is 8. The monoisotopic (exact) mass is 299 g/mol. The first-order valence-corrected chi connectivity index (χ1v) is 8.66. The summed E-state index contributed by atoms with van der Waals surface area (Å²) in [7, 11) is 2.23. The van der Waals surface area contributed by atoms with Gasteiger partial charge in [-0.05, 0) is 46.7 Å². The highest BCUT2D eigenvalue weighted by atomic mass is 16.3. The summed E-state index contributed by atoms with van der Waals surface area (Å²) in [5, 5.41) is 13.4. The summed E-state index contributed by atoms with van der Waals surface area (Å²) in [6, 6.07) is 1.69. The third kappa shape index (κ3) is 5.51. The van der Waals surface area contributed by atoms with Gasteiger partial charge in [-0.3, -0.25) is 4.90 Å². The number of hydrogen-bond donors (Lipinski definition) is 2. The van der Waals surface area contributed by atoms with Gasteiger partial charge in [0.15, 0.2) is 0 Å². The third-order valence-corrected chi connectivity index (χ3v) is 5.14. The van der Waals surface area contributed by atoms with E-state index >= 15 is 0 Å². The molecule has 1 aliphatic heterocycles. The lowest BCUT2D eigenvalue weighted by Gasteiger charge is -2.43. The van der Waals surface area contributed by atoms with Crippen LogP contribution in [0.15, 0.2) is 0 Å². The smallest absolute Gasteiger partial charge is 0.0613 e. The van der Waals surface area contributed by atoms with Crippen molar-refractivity contribution >= 4 is 0 Å². The van der Waals surface area contributed by atoms with Crippen LogP contribution < -0.4 is 5.32 Å². The molecule has 1 heterocycles. The number of aliphatic hydroxyl groups excluding tert-OH is 1. The molecule has 1 aliphatic rings. The summed E-state index contributed by atoms with van der Waals surface area (Å²) < 4.78 is 0. The van der Waals surface area contributed by atoms with Gasteiger partial charge in [0, 0.05) is 36.8 Å². The Morgan fingerprint density at radius 2 is 1.81 bits per heavy atom. The van der Waals surface area contributed by atoms with E-state index in [0.717, 1.165) is 38.9 Å². The minimum Gasteiger partial charge on any atom is -0.394 e. The van der Waals surface area contributed by atoms with Gasteiger partial charge in [-0.2, -0.15) is 0 Å². The molecule has 0 amide bonds. The van der Waals surface area contributed by atoms with Crippen LogP contribution in [0, 0.1) is 0 Å². The minimum atomic E-state index is -0.0992. The zero-order chi connectivity index (χ0) is 16.0. The van der Waals surface area contributed by atoms with Crippen molar-refractivity contribution in [3.63, 3.8) is 0 Å². The first-order valence-electron chi connectivity index (χ1n) is 8.66. The molecule has 3 unspecified atom stereocenters. The average molecular weight is 300 g/mol. The van der Waals surface area contributed by atoms with Crippen molar-refractivity contribution in [1.29, 1.82) is 0 Å². The maximum atomic E-state index is 9.80. The number of aliphatic hydroxyl groups is 1. The molecule has 1 fully saturated rings. The van der Waals surface area contributed by atoms with Gasteiger partial charge in [0.1, 0.15) is 0 Å². The van der Waals surface area contributed by atoms with E-state index in [1.165, 1.54) is 0 Å². The first-order chi connectivity index (χ1) is 9.83. The molecule has 0 spiro atoms. The van der Waals surface area contributed by atoms with E-state index in [2.05, 4.69) is 56.8 Å². The summed E-state index contributed by atoms with van der Waals surface area (Å²) >= 11 is 0. The molecule has 0 radical (unpaired) electrons. The Hall–Kier alpha value is -0.160. The van der Waals surface area contributed by atoms with E-state index in [0.29, 0.717) is 18.1 Å². The van der Waals surface area contributed by atoms with E-state index in [1.54, 1.807) is 0 Å². The second-order valence-electron chi connectivity index (χ2n) is 7.32. The Bertz CT molecular complexity index is 280. The molecular formula is C17H37N3O. The van der Waals surface area contributed by atoms with E-state index in [1.807, 2.05) is 0 Å². The molecule has 4 heteroatoms. The molecule has 0 aromatic rings. The zero-order valence-electron chi connectivity index (χ0n) is 15.0. The van der Waals surface area contributed by atoms with E-state index in [-0.39, 0.29) is 12.1 Å². The first kappa shape index (κ1) is 18.9. The third-order valence-electron chi connectivity index (χ3n) is 5.14. The van der Waals surface area contributed by atoms with Gasteiger partial charge in [0.05, 0.1) is 6.61 Å². The van der Waals surface area contributed by atoms with Crippen molar-refractivity contribution in [3.8, 4) is 0 Å². The van der Waals surface area contributed by atoms with Crippen LogP contribution >= 0.6 is 0 Å². The van der Waals surface area contributed by atoms with E-state index < -0.39 is 0 Å². The number of hydrogen-bond acceptors (Lipinski definition) is 4. The molecule has 21 heavy (non-hydrogen) atoms. The SMILES string of the molecule is CCC(CO)(CCCN1CC(C)N(C)C(C)C1)NC(C)C. The highest BCUT2D eigenvalue weighted by molar-refractivity contribution is 4.89. The highest BCUT2D eigenvalue weighted by Crippen LogP contribution is 2.20. The van der Waals surface area contributed by atoms with Crippen LogP contribution in [0.3, 0.4) is 0 Å². The molecule has 126 valence electrons. The van der Waals surface area contributed by atoms with Crippen molar-refractivity contribution in [2.24, 2.45) is 0 Å². The van der Waals surface area contributed by atoms with Crippen molar-refractivity contribution < 1.29 is 5.11 Å². The molecule has 0 aliphatic carbocycles. The fourth-order valence-electron chi connectivity index (χ4n) is 3.54. The van der Waals surface area contributed by atoms with Gasteiger partial charge in [0.25, 0.3) is 0 Å². The van der Waals surface area contributed by atoms with Crippen molar-refractivity contribution in [2.45, 2.75) is 77.5 Å². The van der Waals surface area contributed by atoms with Gasteiger partial charge >= 0.3 is 0 Å². The average Bonchev–Trinajstić information content (AvgIpc) is 2.43. The summed E-state index contributed by atoms with van der Waals surface area (Å²) in [4.78, 5) is 5.06. The molecule has 0 aromatic carbocycles. The topological polar surface area (TPSA) is 38.7 Å².